The summed E-state index contributed by atoms with van der Waals surface area (Å²) in [5, 5.41) is 0. The van der Waals surface area contributed by atoms with Crippen molar-refractivity contribution in [2.24, 2.45) is 0 Å². The van der Waals surface area contributed by atoms with Crippen molar-refractivity contribution in [1.29, 1.82) is 0 Å². The average molecular weight is 374 g/mol. The maximum absolute atomic E-state index is 5.85. The van der Waals surface area contributed by atoms with E-state index in [0.717, 1.165) is 11.5 Å². The molecule has 0 aliphatic heterocycles. The van der Waals surface area contributed by atoms with E-state index in [-0.39, 0.29) is 12.2 Å². The number of benzene rings is 2. The van der Waals surface area contributed by atoms with E-state index in [1.807, 2.05) is 74.5 Å². The summed E-state index contributed by atoms with van der Waals surface area (Å²) in [4.78, 5) is 0. The molecular formula is C22H30O5. The third-order valence-corrected chi connectivity index (χ3v) is 3.65. The van der Waals surface area contributed by atoms with Gasteiger partial charge in [-0.1, -0.05) is 36.4 Å². The lowest BCUT2D eigenvalue weighted by molar-refractivity contribution is -0.0743. The van der Waals surface area contributed by atoms with Crippen molar-refractivity contribution in [3.05, 3.63) is 60.7 Å². The number of para-hydroxylation sites is 2. The Morgan fingerprint density at radius 3 is 1.41 bits per heavy atom. The SMILES string of the molecule is CC(COCCOc1ccccc1)OC(C)COCCOc1ccccc1. The van der Waals surface area contributed by atoms with Crippen LogP contribution in [0.5, 0.6) is 11.5 Å². The predicted molar refractivity (Wildman–Crippen MR) is 106 cm³/mol. The molecule has 0 aromatic heterocycles. The van der Waals surface area contributed by atoms with Crippen LogP contribution in [0.25, 0.3) is 0 Å². The highest BCUT2D eigenvalue weighted by molar-refractivity contribution is 5.21. The third kappa shape index (κ3) is 9.99. The van der Waals surface area contributed by atoms with Crippen LogP contribution in [0.3, 0.4) is 0 Å². The smallest absolute Gasteiger partial charge is 0.119 e. The minimum Gasteiger partial charge on any atom is -0.491 e. The monoisotopic (exact) mass is 374 g/mol. The van der Waals surface area contributed by atoms with E-state index in [1.165, 1.54) is 0 Å². The summed E-state index contributed by atoms with van der Waals surface area (Å²) in [6, 6.07) is 19.4. The minimum absolute atomic E-state index is 0.000828. The summed E-state index contributed by atoms with van der Waals surface area (Å²) in [5.74, 6) is 1.71. The zero-order valence-electron chi connectivity index (χ0n) is 16.2. The van der Waals surface area contributed by atoms with Crippen molar-refractivity contribution in [2.45, 2.75) is 26.1 Å². The molecule has 0 aliphatic carbocycles. The van der Waals surface area contributed by atoms with Crippen LogP contribution >= 0.6 is 0 Å². The number of hydrogen-bond donors (Lipinski definition) is 0. The van der Waals surface area contributed by atoms with Crippen LogP contribution in [-0.4, -0.2) is 51.8 Å². The minimum atomic E-state index is 0.000828. The second-order valence-corrected chi connectivity index (χ2v) is 6.23. The summed E-state index contributed by atoms with van der Waals surface area (Å²) in [6.45, 7) is 7.15. The molecule has 0 heterocycles. The van der Waals surface area contributed by atoms with Crippen LogP contribution in [0.15, 0.2) is 60.7 Å². The zero-order chi connectivity index (χ0) is 19.2. The Morgan fingerprint density at radius 2 is 1.00 bits per heavy atom. The lowest BCUT2D eigenvalue weighted by Gasteiger charge is -2.19. The molecule has 2 aromatic rings. The average Bonchev–Trinajstić information content (AvgIpc) is 2.69. The molecule has 2 rings (SSSR count). The Labute approximate surface area is 162 Å². The second-order valence-electron chi connectivity index (χ2n) is 6.23. The Bertz CT molecular complexity index is 537. The zero-order valence-corrected chi connectivity index (χ0v) is 16.2. The molecule has 2 atom stereocenters. The first-order valence-corrected chi connectivity index (χ1v) is 9.40. The topological polar surface area (TPSA) is 46.2 Å². The van der Waals surface area contributed by atoms with Gasteiger partial charge in [-0.15, -0.1) is 0 Å². The molecule has 0 amide bonds. The first-order chi connectivity index (χ1) is 13.2. The Hall–Kier alpha value is -2.08. The van der Waals surface area contributed by atoms with Crippen molar-refractivity contribution in [3.63, 3.8) is 0 Å². The molecule has 0 saturated heterocycles. The van der Waals surface area contributed by atoms with Crippen molar-refractivity contribution in [1.82, 2.24) is 0 Å². The standard InChI is InChI=1S/C22H30O5/c1-19(17-23-13-15-25-21-9-5-3-6-10-21)27-20(2)18-24-14-16-26-22-11-7-4-8-12-22/h3-12,19-20H,13-18H2,1-2H3. The lowest BCUT2D eigenvalue weighted by Crippen LogP contribution is -2.26. The van der Waals surface area contributed by atoms with Gasteiger partial charge >= 0.3 is 0 Å². The highest BCUT2D eigenvalue weighted by atomic mass is 16.6. The van der Waals surface area contributed by atoms with Gasteiger partial charge in [0.15, 0.2) is 0 Å². The van der Waals surface area contributed by atoms with E-state index in [0.29, 0.717) is 39.6 Å². The molecule has 0 fully saturated rings. The molecule has 0 radical (unpaired) electrons. The number of hydrogen-bond acceptors (Lipinski definition) is 5. The van der Waals surface area contributed by atoms with Gasteiger partial charge in [-0.3, -0.25) is 0 Å². The van der Waals surface area contributed by atoms with Crippen LogP contribution < -0.4 is 9.47 Å². The van der Waals surface area contributed by atoms with Crippen LogP contribution in [-0.2, 0) is 14.2 Å². The molecule has 0 spiro atoms. The van der Waals surface area contributed by atoms with Gasteiger partial charge in [0.25, 0.3) is 0 Å². The molecule has 5 nitrogen and oxygen atoms in total. The molecule has 0 aliphatic rings. The summed E-state index contributed by atoms with van der Waals surface area (Å²) in [7, 11) is 0. The van der Waals surface area contributed by atoms with Gasteiger partial charge < -0.3 is 23.7 Å². The molecule has 0 saturated carbocycles. The van der Waals surface area contributed by atoms with E-state index in [1.54, 1.807) is 0 Å². The summed E-state index contributed by atoms with van der Waals surface area (Å²) in [6.07, 6.45) is 0.00166. The van der Waals surface area contributed by atoms with Gasteiger partial charge in [0, 0.05) is 0 Å². The molecule has 0 N–H and O–H groups in total. The fraction of sp³-hybridized carbons (Fsp3) is 0.455. The van der Waals surface area contributed by atoms with E-state index in [4.69, 9.17) is 23.7 Å². The van der Waals surface area contributed by atoms with Gasteiger partial charge in [0.1, 0.15) is 24.7 Å². The molecule has 2 aromatic carbocycles. The highest BCUT2D eigenvalue weighted by Gasteiger charge is 2.09. The van der Waals surface area contributed by atoms with E-state index in [9.17, 15) is 0 Å². The maximum atomic E-state index is 5.85. The molecule has 5 heteroatoms. The largest absolute Gasteiger partial charge is 0.491 e. The van der Waals surface area contributed by atoms with Gasteiger partial charge in [-0.25, -0.2) is 0 Å². The first kappa shape index (κ1) is 21.2. The molecule has 148 valence electrons. The first-order valence-electron chi connectivity index (χ1n) is 9.40. The fourth-order valence-corrected chi connectivity index (χ4v) is 2.44. The van der Waals surface area contributed by atoms with Crippen molar-refractivity contribution in [3.8, 4) is 11.5 Å². The highest BCUT2D eigenvalue weighted by Crippen LogP contribution is 2.08. The van der Waals surface area contributed by atoms with Gasteiger partial charge in [-0.2, -0.15) is 0 Å². The van der Waals surface area contributed by atoms with E-state index >= 15 is 0 Å². The van der Waals surface area contributed by atoms with E-state index < -0.39 is 0 Å². The molecule has 27 heavy (non-hydrogen) atoms. The van der Waals surface area contributed by atoms with Crippen LogP contribution in [0.2, 0.25) is 0 Å². The predicted octanol–water partition coefficient (Wildman–Crippen LogP) is 3.97. The van der Waals surface area contributed by atoms with Crippen molar-refractivity contribution >= 4 is 0 Å². The van der Waals surface area contributed by atoms with Gasteiger partial charge in [0.05, 0.1) is 38.6 Å². The number of rotatable bonds is 14. The normalized spacial score (nSPS) is 13.1. The van der Waals surface area contributed by atoms with E-state index in [2.05, 4.69) is 0 Å². The fourth-order valence-electron chi connectivity index (χ4n) is 2.44. The number of ether oxygens (including phenoxy) is 5. The Morgan fingerprint density at radius 1 is 0.593 bits per heavy atom. The molecule has 2 unspecified atom stereocenters. The van der Waals surface area contributed by atoms with Gasteiger partial charge in [-0.05, 0) is 38.1 Å². The lowest BCUT2D eigenvalue weighted by atomic mass is 10.3. The summed E-state index contributed by atoms with van der Waals surface area (Å²) in [5.41, 5.74) is 0. The second kappa shape index (κ2) is 13.1. The molecular weight excluding hydrogens is 344 g/mol. The van der Waals surface area contributed by atoms with Crippen molar-refractivity contribution in [2.75, 3.05) is 39.6 Å². The Balaban J connectivity index is 1.43. The van der Waals surface area contributed by atoms with Gasteiger partial charge in [0.2, 0.25) is 0 Å². The molecule has 0 bridgehead atoms. The van der Waals surface area contributed by atoms with Crippen LogP contribution in [0, 0.1) is 0 Å². The third-order valence-electron chi connectivity index (χ3n) is 3.65. The van der Waals surface area contributed by atoms with Crippen LogP contribution in [0.4, 0.5) is 0 Å². The summed E-state index contributed by atoms with van der Waals surface area (Å²) >= 11 is 0. The Kier molecular flexibility index (Phi) is 10.3. The quantitative estimate of drug-likeness (QED) is 0.468. The summed E-state index contributed by atoms with van der Waals surface area (Å²) < 4.78 is 28.2. The van der Waals surface area contributed by atoms with Crippen LogP contribution in [0.1, 0.15) is 13.8 Å². The maximum Gasteiger partial charge on any atom is 0.119 e. The van der Waals surface area contributed by atoms with Crippen molar-refractivity contribution < 1.29 is 23.7 Å².